The maximum atomic E-state index is 11.1. The maximum Gasteiger partial charge on any atom is 0.249 e. The zero-order chi connectivity index (χ0) is 9.42. The van der Waals surface area contributed by atoms with Crippen molar-refractivity contribution in [3.63, 3.8) is 0 Å². The van der Waals surface area contributed by atoms with Crippen molar-refractivity contribution < 1.29 is 0 Å². The lowest BCUT2D eigenvalue weighted by Gasteiger charge is -2.00. The number of hydrogen-bond donors (Lipinski definition) is 1. The predicted molar refractivity (Wildman–Crippen MR) is 62.0 cm³/mol. The molecule has 0 radical (unpaired) electrons. The lowest BCUT2D eigenvalue weighted by atomic mass is 10.1. The van der Waals surface area contributed by atoms with Gasteiger partial charge in [-0.25, -0.2) is 0 Å². The molecular weight excluding hydrogens is 277 g/mol. The van der Waals surface area contributed by atoms with Gasteiger partial charge in [-0.1, -0.05) is 11.6 Å². The van der Waals surface area contributed by atoms with Crippen LogP contribution >= 0.6 is 22.6 Å². The molecule has 0 aliphatic heterocycles. The van der Waals surface area contributed by atoms with E-state index in [1.807, 2.05) is 19.1 Å². The van der Waals surface area contributed by atoms with Crippen LogP contribution in [0, 0.1) is 10.5 Å². The van der Waals surface area contributed by atoms with E-state index < -0.39 is 0 Å². The van der Waals surface area contributed by atoms with Crippen LogP contribution < -0.4 is 5.56 Å². The van der Waals surface area contributed by atoms with Crippen LogP contribution in [0.4, 0.5) is 0 Å². The van der Waals surface area contributed by atoms with Crippen molar-refractivity contribution >= 4 is 33.5 Å². The Balaban J connectivity index is 2.95. The Morgan fingerprint density at radius 3 is 2.85 bits per heavy atom. The van der Waals surface area contributed by atoms with E-state index in [-0.39, 0.29) is 5.56 Å². The number of rotatable bonds is 0. The fourth-order valence-electron chi connectivity index (χ4n) is 1.33. The molecule has 1 aromatic heterocycles. The summed E-state index contributed by atoms with van der Waals surface area (Å²) in [6.45, 7) is 2.04. The van der Waals surface area contributed by atoms with Gasteiger partial charge in [0, 0.05) is 20.5 Å². The van der Waals surface area contributed by atoms with Gasteiger partial charge in [0.2, 0.25) is 5.56 Å². The number of benzene rings is 1. The van der Waals surface area contributed by atoms with Crippen molar-refractivity contribution in [1.82, 2.24) is 4.98 Å². The second-order valence-corrected chi connectivity index (χ2v) is 4.19. The minimum atomic E-state index is -0.0410. The average Bonchev–Trinajstić information content (AvgIpc) is 2.06. The Hall–Kier alpha value is -0.840. The first-order chi connectivity index (χ1) is 6.16. The molecule has 1 aromatic carbocycles. The van der Waals surface area contributed by atoms with Gasteiger partial charge >= 0.3 is 0 Å². The summed E-state index contributed by atoms with van der Waals surface area (Å²) in [7, 11) is 0. The molecule has 0 bridgehead atoms. The highest BCUT2D eigenvalue weighted by Gasteiger charge is 1.99. The van der Waals surface area contributed by atoms with Gasteiger partial charge in [0.15, 0.2) is 0 Å². The molecule has 3 heteroatoms. The first-order valence-corrected chi connectivity index (χ1v) is 5.04. The van der Waals surface area contributed by atoms with E-state index in [9.17, 15) is 4.79 Å². The molecule has 0 saturated heterocycles. The van der Waals surface area contributed by atoms with Crippen molar-refractivity contribution in [1.29, 1.82) is 0 Å². The summed E-state index contributed by atoms with van der Waals surface area (Å²) in [5.41, 5.74) is 2.07. The number of nitrogens with one attached hydrogen (secondary N) is 1. The molecule has 0 fully saturated rings. The normalized spacial score (nSPS) is 10.6. The third kappa shape index (κ3) is 1.60. The first-order valence-electron chi connectivity index (χ1n) is 3.96. The summed E-state index contributed by atoms with van der Waals surface area (Å²) in [6.07, 6.45) is 0. The SMILES string of the molecule is Cc1ccc2[nH]c(=O)cc(I)c2c1. The number of aryl methyl sites for hydroxylation is 1. The van der Waals surface area contributed by atoms with Gasteiger partial charge in [0.1, 0.15) is 0 Å². The second kappa shape index (κ2) is 3.14. The Labute approximate surface area is 89.1 Å². The molecule has 2 nitrogen and oxygen atoms in total. The lowest BCUT2D eigenvalue weighted by Crippen LogP contribution is -2.04. The van der Waals surface area contributed by atoms with Crippen LogP contribution in [-0.4, -0.2) is 4.98 Å². The summed E-state index contributed by atoms with van der Waals surface area (Å²) in [4.78, 5) is 13.9. The molecule has 0 atom stereocenters. The zero-order valence-electron chi connectivity index (χ0n) is 7.10. The molecule has 1 heterocycles. The average molecular weight is 285 g/mol. The molecule has 0 amide bonds. The molecular formula is C10H8INO. The fourth-order valence-corrected chi connectivity index (χ4v) is 2.06. The third-order valence-electron chi connectivity index (χ3n) is 1.95. The summed E-state index contributed by atoms with van der Waals surface area (Å²) in [6, 6.07) is 7.62. The van der Waals surface area contributed by atoms with Gasteiger partial charge in [-0.15, -0.1) is 0 Å². The second-order valence-electron chi connectivity index (χ2n) is 3.03. The van der Waals surface area contributed by atoms with Crippen LogP contribution in [0.5, 0.6) is 0 Å². The molecule has 13 heavy (non-hydrogen) atoms. The number of aromatic amines is 1. The third-order valence-corrected chi connectivity index (χ3v) is 2.84. The van der Waals surface area contributed by atoms with E-state index in [4.69, 9.17) is 0 Å². The Kier molecular flexibility index (Phi) is 2.11. The molecule has 0 unspecified atom stereocenters. The molecule has 0 spiro atoms. The number of H-pyrrole nitrogens is 1. The van der Waals surface area contributed by atoms with Gasteiger partial charge in [-0.3, -0.25) is 4.79 Å². The number of hydrogen-bond acceptors (Lipinski definition) is 1. The van der Waals surface area contributed by atoms with Crippen LogP contribution in [0.25, 0.3) is 10.9 Å². The van der Waals surface area contributed by atoms with Gasteiger partial charge in [-0.05, 0) is 41.6 Å². The molecule has 0 aliphatic rings. The predicted octanol–water partition coefficient (Wildman–Crippen LogP) is 2.44. The topological polar surface area (TPSA) is 32.9 Å². The fraction of sp³-hybridized carbons (Fsp3) is 0.100. The number of aromatic nitrogens is 1. The minimum absolute atomic E-state index is 0.0410. The van der Waals surface area contributed by atoms with Crippen LogP contribution in [0.15, 0.2) is 29.1 Å². The Morgan fingerprint density at radius 1 is 1.31 bits per heavy atom. The highest BCUT2D eigenvalue weighted by Crippen LogP contribution is 2.17. The summed E-state index contributed by atoms with van der Waals surface area (Å²) < 4.78 is 1.00. The number of fused-ring (bicyclic) bond motifs is 1. The van der Waals surface area contributed by atoms with Crippen molar-refractivity contribution in [2.75, 3.05) is 0 Å². The standard InChI is InChI=1S/C10H8INO/c1-6-2-3-9-7(4-6)8(11)5-10(13)12-9/h2-5H,1H3,(H,12,13). The monoisotopic (exact) mass is 285 g/mol. The van der Waals surface area contributed by atoms with E-state index in [0.717, 1.165) is 14.5 Å². The molecule has 1 N–H and O–H groups in total. The summed E-state index contributed by atoms with van der Waals surface area (Å²) in [5, 5.41) is 1.11. The van der Waals surface area contributed by atoms with E-state index >= 15 is 0 Å². The molecule has 2 rings (SSSR count). The number of halogens is 1. The summed E-state index contributed by atoms with van der Waals surface area (Å²) >= 11 is 2.18. The quantitative estimate of drug-likeness (QED) is 0.741. The Bertz CT molecular complexity index is 516. The highest BCUT2D eigenvalue weighted by molar-refractivity contribution is 14.1. The van der Waals surface area contributed by atoms with Gasteiger partial charge in [-0.2, -0.15) is 0 Å². The summed E-state index contributed by atoms with van der Waals surface area (Å²) in [5.74, 6) is 0. The van der Waals surface area contributed by atoms with E-state index in [0.29, 0.717) is 0 Å². The Morgan fingerprint density at radius 2 is 2.08 bits per heavy atom. The first kappa shape index (κ1) is 8.74. The van der Waals surface area contributed by atoms with Crippen molar-refractivity contribution in [3.8, 4) is 0 Å². The van der Waals surface area contributed by atoms with Crippen molar-refractivity contribution in [2.24, 2.45) is 0 Å². The van der Waals surface area contributed by atoms with E-state index in [1.165, 1.54) is 5.56 Å². The van der Waals surface area contributed by atoms with Crippen LogP contribution in [0.3, 0.4) is 0 Å². The van der Waals surface area contributed by atoms with Gasteiger partial charge in [0.05, 0.1) is 0 Å². The van der Waals surface area contributed by atoms with Crippen LogP contribution in [0.2, 0.25) is 0 Å². The molecule has 0 aliphatic carbocycles. The molecule has 2 aromatic rings. The minimum Gasteiger partial charge on any atom is -0.322 e. The molecule has 66 valence electrons. The van der Waals surface area contributed by atoms with Gasteiger partial charge < -0.3 is 4.98 Å². The van der Waals surface area contributed by atoms with E-state index in [1.54, 1.807) is 6.07 Å². The zero-order valence-corrected chi connectivity index (χ0v) is 9.25. The highest BCUT2D eigenvalue weighted by atomic mass is 127. The van der Waals surface area contributed by atoms with E-state index in [2.05, 4.69) is 33.6 Å². The van der Waals surface area contributed by atoms with Gasteiger partial charge in [0.25, 0.3) is 0 Å². The van der Waals surface area contributed by atoms with Crippen LogP contribution in [-0.2, 0) is 0 Å². The lowest BCUT2D eigenvalue weighted by molar-refractivity contribution is 1.29. The van der Waals surface area contributed by atoms with Crippen molar-refractivity contribution in [3.05, 3.63) is 43.8 Å². The van der Waals surface area contributed by atoms with Crippen molar-refractivity contribution in [2.45, 2.75) is 6.92 Å². The maximum absolute atomic E-state index is 11.1. The molecule has 0 saturated carbocycles. The van der Waals surface area contributed by atoms with Crippen LogP contribution in [0.1, 0.15) is 5.56 Å². The number of pyridine rings is 1. The smallest absolute Gasteiger partial charge is 0.249 e. The largest absolute Gasteiger partial charge is 0.322 e.